The fourth-order valence-corrected chi connectivity index (χ4v) is 3.61. The molecule has 3 nitrogen and oxygen atoms in total. The summed E-state index contributed by atoms with van der Waals surface area (Å²) in [7, 11) is 0. The molecule has 0 aliphatic heterocycles. The van der Waals surface area contributed by atoms with E-state index in [9.17, 15) is 9.59 Å². The van der Waals surface area contributed by atoms with E-state index >= 15 is 0 Å². The molecular formula is C23H23ClO3. The summed E-state index contributed by atoms with van der Waals surface area (Å²) in [6.07, 6.45) is 9.19. The number of benzene rings is 2. The van der Waals surface area contributed by atoms with E-state index in [2.05, 4.69) is 0 Å². The van der Waals surface area contributed by atoms with Gasteiger partial charge in [0.1, 0.15) is 0 Å². The molecule has 0 aromatic heterocycles. The monoisotopic (exact) mass is 382 g/mol. The quantitative estimate of drug-likeness (QED) is 0.359. The van der Waals surface area contributed by atoms with E-state index in [1.54, 1.807) is 18.2 Å². The van der Waals surface area contributed by atoms with Crippen molar-refractivity contribution in [2.24, 2.45) is 0 Å². The molecule has 140 valence electrons. The van der Waals surface area contributed by atoms with Crippen LogP contribution in [0.1, 0.15) is 59.5 Å². The summed E-state index contributed by atoms with van der Waals surface area (Å²) in [5.41, 5.74) is 2.59. The second kappa shape index (κ2) is 9.52. The third kappa shape index (κ3) is 5.54. The van der Waals surface area contributed by atoms with Crippen molar-refractivity contribution < 1.29 is 14.3 Å². The number of hydrogen-bond donors (Lipinski definition) is 0. The summed E-state index contributed by atoms with van der Waals surface area (Å²) in [5.74, 6) is -0.164. The summed E-state index contributed by atoms with van der Waals surface area (Å²) < 4.78 is 5.05. The molecule has 0 unspecified atom stereocenters. The summed E-state index contributed by atoms with van der Waals surface area (Å²) in [4.78, 5) is 24.1. The average Bonchev–Trinajstić information content (AvgIpc) is 2.72. The van der Waals surface area contributed by atoms with Gasteiger partial charge in [0.2, 0.25) is 0 Å². The zero-order valence-electron chi connectivity index (χ0n) is 15.2. The van der Waals surface area contributed by atoms with Gasteiger partial charge in [0.15, 0.2) is 12.4 Å². The molecule has 2 aromatic carbocycles. The lowest BCUT2D eigenvalue weighted by Gasteiger charge is -2.22. The Morgan fingerprint density at radius 3 is 2.41 bits per heavy atom. The van der Waals surface area contributed by atoms with Crippen LogP contribution in [0.5, 0.6) is 0 Å². The Labute approximate surface area is 165 Å². The van der Waals surface area contributed by atoms with Crippen LogP contribution in [-0.2, 0) is 9.53 Å². The van der Waals surface area contributed by atoms with Gasteiger partial charge in [0.25, 0.3) is 0 Å². The van der Waals surface area contributed by atoms with E-state index in [1.165, 1.54) is 43.7 Å². The highest BCUT2D eigenvalue weighted by atomic mass is 35.5. The van der Waals surface area contributed by atoms with E-state index in [4.69, 9.17) is 16.3 Å². The lowest BCUT2D eigenvalue weighted by Crippen LogP contribution is -2.13. The molecule has 1 aliphatic carbocycles. The smallest absolute Gasteiger partial charge is 0.331 e. The predicted molar refractivity (Wildman–Crippen MR) is 108 cm³/mol. The summed E-state index contributed by atoms with van der Waals surface area (Å²) >= 11 is 6.03. The molecule has 0 saturated heterocycles. The number of halogens is 1. The zero-order chi connectivity index (χ0) is 19.1. The van der Waals surface area contributed by atoms with Crippen molar-refractivity contribution in [3.8, 4) is 0 Å². The Kier molecular flexibility index (Phi) is 6.83. The van der Waals surface area contributed by atoms with Crippen molar-refractivity contribution >= 4 is 29.4 Å². The van der Waals surface area contributed by atoms with E-state index in [0.29, 0.717) is 16.5 Å². The maximum Gasteiger partial charge on any atom is 0.331 e. The van der Waals surface area contributed by atoms with E-state index in [-0.39, 0.29) is 12.4 Å². The number of hydrogen-bond acceptors (Lipinski definition) is 3. The van der Waals surface area contributed by atoms with Gasteiger partial charge in [0.05, 0.1) is 0 Å². The second-order valence-corrected chi connectivity index (χ2v) is 7.25. The lowest BCUT2D eigenvalue weighted by atomic mass is 9.84. The third-order valence-electron chi connectivity index (χ3n) is 4.96. The molecule has 4 heteroatoms. The minimum atomic E-state index is -0.568. The van der Waals surface area contributed by atoms with Gasteiger partial charge in [-0.15, -0.1) is 0 Å². The molecule has 1 aliphatic rings. The van der Waals surface area contributed by atoms with Crippen molar-refractivity contribution in [1.29, 1.82) is 0 Å². The van der Waals surface area contributed by atoms with Crippen LogP contribution in [0.15, 0.2) is 54.6 Å². The van der Waals surface area contributed by atoms with Gasteiger partial charge >= 0.3 is 5.97 Å². The Bertz CT molecular complexity index is 818. The molecule has 2 aromatic rings. The highest BCUT2D eigenvalue weighted by Crippen LogP contribution is 2.32. The Balaban J connectivity index is 1.51. The summed E-state index contributed by atoms with van der Waals surface area (Å²) in [5, 5.41) is 0.552. The third-order valence-corrected chi connectivity index (χ3v) is 5.30. The van der Waals surface area contributed by atoms with E-state index in [1.807, 2.05) is 36.4 Å². The topological polar surface area (TPSA) is 43.4 Å². The molecule has 0 bridgehead atoms. The SMILES string of the molecule is O=C(/C=C/c1ccccc1Cl)OCC(=O)c1ccc(C2CCCCC2)cc1. The first-order valence-electron chi connectivity index (χ1n) is 9.36. The number of carbonyl (C=O) groups is 2. The van der Waals surface area contributed by atoms with Gasteiger partial charge in [-0.3, -0.25) is 4.79 Å². The first kappa shape index (κ1) is 19.4. The molecule has 0 radical (unpaired) electrons. The van der Waals surface area contributed by atoms with E-state index < -0.39 is 5.97 Å². The minimum absolute atomic E-state index is 0.204. The van der Waals surface area contributed by atoms with Crippen LogP contribution in [0.4, 0.5) is 0 Å². The van der Waals surface area contributed by atoms with Crippen molar-refractivity contribution in [2.45, 2.75) is 38.0 Å². The van der Waals surface area contributed by atoms with Gasteiger partial charge in [-0.05, 0) is 42.0 Å². The lowest BCUT2D eigenvalue weighted by molar-refractivity contribution is -0.136. The maximum atomic E-state index is 12.2. The molecule has 3 rings (SSSR count). The average molecular weight is 383 g/mol. The normalized spacial score (nSPS) is 15.0. The highest BCUT2D eigenvalue weighted by molar-refractivity contribution is 6.32. The Morgan fingerprint density at radius 2 is 1.70 bits per heavy atom. The van der Waals surface area contributed by atoms with Crippen LogP contribution >= 0.6 is 11.6 Å². The van der Waals surface area contributed by atoms with Crippen LogP contribution in [0.25, 0.3) is 6.08 Å². The Morgan fingerprint density at radius 1 is 1.00 bits per heavy atom. The second-order valence-electron chi connectivity index (χ2n) is 6.84. The van der Waals surface area contributed by atoms with E-state index in [0.717, 1.165) is 5.56 Å². The standard InChI is InChI=1S/C23H23ClO3/c24-21-9-5-4-8-19(21)14-15-23(26)27-16-22(25)20-12-10-18(11-13-20)17-6-2-1-3-7-17/h4-5,8-15,17H,1-3,6-7,16H2/b15-14+. The molecule has 1 saturated carbocycles. The molecule has 1 fully saturated rings. The number of carbonyl (C=O) groups excluding carboxylic acids is 2. The van der Waals surface area contributed by atoms with Crippen LogP contribution in [0.3, 0.4) is 0 Å². The number of rotatable bonds is 6. The van der Waals surface area contributed by atoms with Crippen LogP contribution in [0, 0.1) is 0 Å². The van der Waals surface area contributed by atoms with Crippen molar-refractivity contribution in [3.63, 3.8) is 0 Å². The fourth-order valence-electron chi connectivity index (χ4n) is 3.41. The van der Waals surface area contributed by atoms with Crippen molar-refractivity contribution in [3.05, 3.63) is 76.3 Å². The maximum absolute atomic E-state index is 12.2. The largest absolute Gasteiger partial charge is 0.454 e. The van der Waals surface area contributed by atoms with Gasteiger partial charge in [0, 0.05) is 16.7 Å². The minimum Gasteiger partial charge on any atom is -0.454 e. The van der Waals surface area contributed by atoms with Crippen molar-refractivity contribution in [2.75, 3.05) is 6.61 Å². The number of ketones is 1. The highest BCUT2D eigenvalue weighted by Gasteiger charge is 2.16. The van der Waals surface area contributed by atoms with Crippen LogP contribution in [-0.4, -0.2) is 18.4 Å². The zero-order valence-corrected chi connectivity index (χ0v) is 16.0. The molecule has 0 atom stereocenters. The van der Waals surface area contributed by atoms with Crippen LogP contribution < -0.4 is 0 Å². The first-order chi connectivity index (χ1) is 13.1. The van der Waals surface area contributed by atoms with Gasteiger partial charge < -0.3 is 4.74 Å². The predicted octanol–water partition coefficient (Wildman–Crippen LogP) is 5.83. The summed E-state index contributed by atoms with van der Waals surface area (Å²) in [6.45, 7) is -0.269. The first-order valence-corrected chi connectivity index (χ1v) is 9.74. The van der Waals surface area contributed by atoms with Gasteiger partial charge in [-0.2, -0.15) is 0 Å². The molecule has 0 N–H and O–H groups in total. The van der Waals surface area contributed by atoms with Gasteiger partial charge in [-0.25, -0.2) is 4.79 Å². The molecule has 0 spiro atoms. The fraction of sp³-hybridized carbons (Fsp3) is 0.304. The van der Waals surface area contributed by atoms with Crippen LogP contribution in [0.2, 0.25) is 5.02 Å². The molecule has 0 amide bonds. The molecular weight excluding hydrogens is 360 g/mol. The summed E-state index contributed by atoms with van der Waals surface area (Å²) in [6, 6.07) is 14.9. The molecule has 27 heavy (non-hydrogen) atoms. The number of esters is 1. The number of Topliss-reactive ketones (excluding diaryl/α,β-unsaturated/α-hetero) is 1. The number of ether oxygens (including phenoxy) is 1. The Hall–Kier alpha value is -2.39. The van der Waals surface area contributed by atoms with Gasteiger partial charge in [-0.1, -0.05) is 73.3 Å². The van der Waals surface area contributed by atoms with Crippen molar-refractivity contribution in [1.82, 2.24) is 0 Å². The molecule has 0 heterocycles.